The molecule has 11 heavy (non-hydrogen) atoms. The molecule has 0 aromatic carbocycles. The van der Waals surface area contributed by atoms with Crippen molar-refractivity contribution in [2.75, 3.05) is 0 Å². The number of nitriles is 1. The monoisotopic (exact) mass is 146 g/mol. The van der Waals surface area contributed by atoms with Crippen LogP contribution in [0, 0.1) is 11.3 Å². The van der Waals surface area contributed by atoms with Gasteiger partial charge in [0.25, 0.3) is 0 Å². The topological polar surface area (TPSA) is 39.6 Å². The van der Waals surface area contributed by atoms with Gasteiger partial charge in [0.15, 0.2) is 0 Å². The number of aromatic nitrogens is 1. The van der Waals surface area contributed by atoms with Crippen LogP contribution in [-0.2, 0) is 0 Å². The number of rotatable bonds is 3. The molecule has 0 saturated carbocycles. The summed E-state index contributed by atoms with van der Waals surface area (Å²) < 4.78 is 0. The Balaban J connectivity index is 2.51. The molecule has 1 rings (SSSR count). The van der Waals surface area contributed by atoms with Crippen molar-refractivity contribution < 1.29 is 0 Å². The molecule has 0 fully saturated rings. The van der Waals surface area contributed by atoms with Crippen LogP contribution >= 0.6 is 0 Å². The lowest BCUT2D eigenvalue weighted by molar-refractivity contribution is 1.07. The molecule has 0 radical (unpaired) electrons. The summed E-state index contributed by atoms with van der Waals surface area (Å²) in [6, 6.07) is 5.97. The maximum absolute atomic E-state index is 8.31. The van der Waals surface area contributed by atoms with Crippen LogP contribution in [0.25, 0.3) is 5.57 Å². The van der Waals surface area contributed by atoms with E-state index in [4.69, 9.17) is 5.26 Å². The second-order valence-corrected chi connectivity index (χ2v) is 2.35. The van der Waals surface area contributed by atoms with Gasteiger partial charge in [-0.15, -0.1) is 0 Å². The highest BCUT2D eigenvalue weighted by Crippen LogP contribution is 2.14. The zero-order valence-corrected chi connectivity index (χ0v) is 6.30. The predicted octanol–water partition coefficient (Wildman–Crippen LogP) is 2.33. The van der Waals surface area contributed by atoms with Gasteiger partial charge in [-0.2, -0.15) is 5.26 Å². The first-order valence-electron chi connectivity index (χ1n) is 3.53. The van der Waals surface area contributed by atoms with Crippen LogP contribution in [0.3, 0.4) is 0 Å². The molecule has 0 bridgehead atoms. The summed E-state index contributed by atoms with van der Waals surface area (Å²) in [5.74, 6) is 0. The fourth-order valence-electron chi connectivity index (χ4n) is 0.892. The van der Waals surface area contributed by atoms with Crippen molar-refractivity contribution >= 4 is 5.57 Å². The van der Waals surface area contributed by atoms with E-state index in [0.29, 0.717) is 6.42 Å². The standard InChI is InChI=1S/C9H10N2/c1-8(4-2-6-10)9-5-3-7-11-9/h3,5,7,11H,1-2,4H2. The molecular weight excluding hydrogens is 136 g/mol. The van der Waals surface area contributed by atoms with Gasteiger partial charge < -0.3 is 4.98 Å². The lowest BCUT2D eigenvalue weighted by atomic mass is 10.1. The first-order chi connectivity index (χ1) is 5.34. The normalized spacial score (nSPS) is 9.00. The molecule has 0 amide bonds. The summed E-state index contributed by atoms with van der Waals surface area (Å²) in [6.45, 7) is 3.85. The van der Waals surface area contributed by atoms with Gasteiger partial charge in [-0.25, -0.2) is 0 Å². The first-order valence-corrected chi connectivity index (χ1v) is 3.53. The Labute approximate surface area is 66.2 Å². The fraction of sp³-hybridized carbons (Fsp3) is 0.222. The van der Waals surface area contributed by atoms with E-state index in [-0.39, 0.29) is 0 Å². The Morgan fingerprint density at radius 2 is 2.55 bits per heavy atom. The number of H-pyrrole nitrogens is 1. The molecule has 2 nitrogen and oxygen atoms in total. The Bertz CT molecular complexity index is 264. The van der Waals surface area contributed by atoms with Crippen molar-refractivity contribution in [3.05, 3.63) is 30.6 Å². The SMILES string of the molecule is C=C(CCC#N)c1ccc[nH]1. The van der Waals surface area contributed by atoms with E-state index >= 15 is 0 Å². The molecule has 0 saturated heterocycles. The first kappa shape index (κ1) is 7.62. The number of aromatic amines is 1. The van der Waals surface area contributed by atoms with Crippen molar-refractivity contribution in [1.29, 1.82) is 5.26 Å². The fourth-order valence-corrected chi connectivity index (χ4v) is 0.892. The Morgan fingerprint density at radius 3 is 3.09 bits per heavy atom. The van der Waals surface area contributed by atoms with Gasteiger partial charge in [0.05, 0.1) is 6.07 Å². The minimum absolute atomic E-state index is 0.540. The number of allylic oxidation sites excluding steroid dienone is 1. The van der Waals surface area contributed by atoms with Crippen LogP contribution in [0.5, 0.6) is 0 Å². The third kappa shape index (κ3) is 1.98. The summed E-state index contributed by atoms with van der Waals surface area (Å²) in [7, 11) is 0. The van der Waals surface area contributed by atoms with E-state index in [0.717, 1.165) is 17.7 Å². The smallest absolute Gasteiger partial charge is 0.0625 e. The molecule has 1 aromatic rings. The highest BCUT2D eigenvalue weighted by atomic mass is 14.7. The van der Waals surface area contributed by atoms with Crippen LogP contribution in [0.2, 0.25) is 0 Å². The zero-order chi connectivity index (χ0) is 8.10. The van der Waals surface area contributed by atoms with Gasteiger partial charge in [0.1, 0.15) is 0 Å². The Morgan fingerprint density at radius 1 is 1.73 bits per heavy atom. The van der Waals surface area contributed by atoms with Crippen LogP contribution in [0.15, 0.2) is 24.9 Å². The van der Waals surface area contributed by atoms with E-state index < -0.39 is 0 Å². The van der Waals surface area contributed by atoms with Crippen molar-refractivity contribution in [3.8, 4) is 6.07 Å². The molecule has 0 aliphatic rings. The average molecular weight is 146 g/mol. The van der Waals surface area contributed by atoms with Crippen molar-refractivity contribution in [2.45, 2.75) is 12.8 Å². The van der Waals surface area contributed by atoms with Crippen molar-refractivity contribution in [3.63, 3.8) is 0 Å². The summed E-state index contributed by atoms with van der Waals surface area (Å²) in [4.78, 5) is 3.04. The minimum Gasteiger partial charge on any atom is -0.361 e. The molecule has 0 aliphatic carbocycles. The highest BCUT2D eigenvalue weighted by molar-refractivity contribution is 5.60. The second kappa shape index (κ2) is 3.62. The summed E-state index contributed by atoms with van der Waals surface area (Å²) in [5, 5.41) is 8.31. The molecule has 1 aromatic heterocycles. The average Bonchev–Trinajstić information content (AvgIpc) is 2.52. The number of hydrogen-bond acceptors (Lipinski definition) is 1. The van der Waals surface area contributed by atoms with Gasteiger partial charge in [-0.1, -0.05) is 6.58 Å². The van der Waals surface area contributed by atoms with Gasteiger partial charge in [0, 0.05) is 18.3 Å². The van der Waals surface area contributed by atoms with Gasteiger partial charge in [-0.05, 0) is 24.1 Å². The van der Waals surface area contributed by atoms with E-state index in [1.165, 1.54) is 0 Å². The molecule has 0 atom stereocenters. The minimum atomic E-state index is 0.540. The second-order valence-electron chi connectivity index (χ2n) is 2.35. The maximum Gasteiger partial charge on any atom is 0.0625 e. The van der Waals surface area contributed by atoms with Crippen molar-refractivity contribution in [1.82, 2.24) is 4.98 Å². The Hall–Kier alpha value is -1.49. The molecular formula is C9H10N2. The Kier molecular flexibility index (Phi) is 2.51. The van der Waals surface area contributed by atoms with Gasteiger partial charge in [0.2, 0.25) is 0 Å². The molecule has 0 unspecified atom stereocenters. The third-order valence-electron chi connectivity index (χ3n) is 1.52. The number of nitrogens with one attached hydrogen (secondary N) is 1. The van der Waals surface area contributed by atoms with Crippen LogP contribution in [-0.4, -0.2) is 4.98 Å². The number of nitrogens with zero attached hydrogens (tertiary/aromatic N) is 1. The molecule has 0 spiro atoms. The zero-order valence-electron chi connectivity index (χ0n) is 6.30. The van der Waals surface area contributed by atoms with Crippen LogP contribution in [0.4, 0.5) is 0 Å². The number of hydrogen-bond donors (Lipinski definition) is 1. The quantitative estimate of drug-likeness (QED) is 0.698. The van der Waals surface area contributed by atoms with E-state index in [2.05, 4.69) is 17.6 Å². The van der Waals surface area contributed by atoms with E-state index in [9.17, 15) is 0 Å². The molecule has 1 heterocycles. The van der Waals surface area contributed by atoms with E-state index in [1.54, 1.807) is 0 Å². The summed E-state index contributed by atoms with van der Waals surface area (Å²) >= 11 is 0. The molecule has 56 valence electrons. The van der Waals surface area contributed by atoms with Crippen LogP contribution < -0.4 is 0 Å². The summed E-state index contributed by atoms with van der Waals surface area (Å²) in [6.07, 6.45) is 3.14. The van der Waals surface area contributed by atoms with Crippen LogP contribution in [0.1, 0.15) is 18.5 Å². The maximum atomic E-state index is 8.31. The lowest BCUT2D eigenvalue weighted by Crippen LogP contribution is -1.81. The molecule has 1 N–H and O–H groups in total. The van der Waals surface area contributed by atoms with Gasteiger partial charge >= 0.3 is 0 Å². The largest absolute Gasteiger partial charge is 0.361 e. The predicted molar refractivity (Wildman–Crippen MR) is 44.7 cm³/mol. The molecule has 2 heteroatoms. The van der Waals surface area contributed by atoms with E-state index in [1.807, 2.05) is 18.3 Å². The molecule has 0 aliphatic heterocycles. The van der Waals surface area contributed by atoms with Gasteiger partial charge in [-0.3, -0.25) is 0 Å². The third-order valence-corrected chi connectivity index (χ3v) is 1.52. The lowest BCUT2D eigenvalue weighted by Gasteiger charge is -1.97. The summed E-state index contributed by atoms with van der Waals surface area (Å²) in [5.41, 5.74) is 2.02. The highest BCUT2D eigenvalue weighted by Gasteiger charge is 1.96. The van der Waals surface area contributed by atoms with Crippen molar-refractivity contribution in [2.24, 2.45) is 0 Å².